The number of hydrogen-bond donors (Lipinski definition) is 1. The number of nitrogens with one attached hydrogen (secondary N) is 1. The maximum absolute atomic E-state index is 13.2. The molecule has 1 atom stereocenters. The van der Waals surface area contributed by atoms with Crippen LogP contribution in [0.15, 0.2) is 82.4 Å². The molecule has 1 aliphatic heterocycles. The highest BCUT2D eigenvalue weighted by atomic mass is 32.2. The van der Waals surface area contributed by atoms with Gasteiger partial charge < -0.3 is 5.32 Å². The Morgan fingerprint density at radius 3 is 2.22 bits per heavy atom. The number of carbonyl (C=O) groups is 1. The summed E-state index contributed by atoms with van der Waals surface area (Å²) in [5.74, 6) is -0.458. The molecule has 1 fully saturated rings. The van der Waals surface area contributed by atoms with Crippen LogP contribution in [0.4, 0.5) is 0 Å². The highest BCUT2D eigenvalue weighted by Crippen LogP contribution is 2.29. The maximum atomic E-state index is 13.2. The molecule has 1 saturated heterocycles. The first-order valence-corrected chi connectivity index (χ1v) is 13.3. The van der Waals surface area contributed by atoms with Crippen molar-refractivity contribution in [1.29, 1.82) is 0 Å². The fourth-order valence-corrected chi connectivity index (χ4v) is 7.20. The molecule has 2 heterocycles. The Labute approximate surface area is 194 Å². The Balaban J connectivity index is 1.44. The van der Waals surface area contributed by atoms with Gasteiger partial charge in [-0.3, -0.25) is 4.79 Å². The normalized spacial score (nSPS) is 17.3. The Morgan fingerprint density at radius 2 is 1.62 bits per heavy atom. The number of sulfonamides is 1. The molecule has 0 radical (unpaired) electrons. The zero-order valence-electron chi connectivity index (χ0n) is 17.9. The van der Waals surface area contributed by atoms with Crippen LogP contribution in [0.2, 0.25) is 0 Å². The first kappa shape index (κ1) is 22.7. The van der Waals surface area contributed by atoms with Crippen molar-refractivity contribution >= 4 is 27.3 Å². The number of hydrogen-bond acceptors (Lipinski definition) is 4. The smallest absolute Gasteiger partial charge is 0.252 e. The number of thiophene rings is 1. The largest absolute Gasteiger partial charge is 0.355 e. The predicted molar refractivity (Wildman–Crippen MR) is 128 cm³/mol. The van der Waals surface area contributed by atoms with Crippen molar-refractivity contribution in [2.24, 2.45) is 0 Å². The third-order valence-electron chi connectivity index (χ3n) is 5.94. The molecule has 32 heavy (non-hydrogen) atoms. The number of nitrogens with zero attached hydrogens (tertiary/aromatic N) is 1. The molecule has 0 saturated carbocycles. The van der Waals surface area contributed by atoms with Crippen molar-refractivity contribution in [3.8, 4) is 0 Å². The molecule has 1 amide bonds. The van der Waals surface area contributed by atoms with E-state index in [2.05, 4.69) is 5.32 Å². The number of amides is 1. The summed E-state index contributed by atoms with van der Waals surface area (Å²) in [4.78, 5) is 13.2. The Bertz CT molecular complexity index is 1060. The van der Waals surface area contributed by atoms with Gasteiger partial charge in [-0.05, 0) is 41.8 Å². The molecule has 1 unspecified atom stereocenters. The number of piperidine rings is 1. The Hall–Kier alpha value is -2.48. The van der Waals surface area contributed by atoms with Gasteiger partial charge in [-0.25, -0.2) is 8.42 Å². The van der Waals surface area contributed by atoms with E-state index in [0.717, 1.165) is 30.4 Å². The molecule has 1 N–H and O–H groups in total. The summed E-state index contributed by atoms with van der Waals surface area (Å²) in [6.07, 6.45) is 3.30. The lowest BCUT2D eigenvalue weighted by Crippen LogP contribution is -2.45. The van der Waals surface area contributed by atoms with E-state index in [-0.39, 0.29) is 11.9 Å². The molecule has 0 bridgehead atoms. The van der Waals surface area contributed by atoms with E-state index < -0.39 is 15.9 Å². The van der Waals surface area contributed by atoms with Gasteiger partial charge in [0.25, 0.3) is 10.0 Å². The van der Waals surface area contributed by atoms with Crippen LogP contribution in [0.5, 0.6) is 0 Å². The lowest BCUT2D eigenvalue weighted by molar-refractivity contribution is -0.121. The SMILES string of the molecule is O=C(NCCC1CCCCN1S(=O)(=O)c1cccs1)C(c1ccccc1)c1ccccc1. The van der Waals surface area contributed by atoms with Gasteiger partial charge >= 0.3 is 0 Å². The van der Waals surface area contributed by atoms with Crippen LogP contribution in [0, 0.1) is 0 Å². The van der Waals surface area contributed by atoms with Crippen LogP contribution in [-0.2, 0) is 14.8 Å². The summed E-state index contributed by atoms with van der Waals surface area (Å²) >= 11 is 1.25. The van der Waals surface area contributed by atoms with E-state index >= 15 is 0 Å². The standard InChI is InChI=1S/C25H28N2O3S2/c28-25(24(20-10-3-1-4-11-20)21-12-5-2-6-13-21)26-17-16-22-14-7-8-18-27(22)32(29,30)23-15-9-19-31-23/h1-6,9-13,15,19,22,24H,7-8,14,16-18H2,(H,26,28). The van der Waals surface area contributed by atoms with Crippen LogP contribution in [-0.4, -0.2) is 37.8 Å². The molecule has 5 nitrogen and oxygen atoms in total. The van der Waals surface area contributed by atoms with Gasteiger partial charge in [0.15, 0.2) is 0 Å². The molecule has 4 rings (SSSR count). The minimum Gasteiger partial charge on any atom is -0.355 e. The van der Waals surface area contributed by atoms with E-state index in [9.17, 15) is 13.2 Å². The van der Waals surface area contributed by atoms with Gasteiger partial charge in [-0.2, -0.15) is 4.31 Å². The Morgan fingerprint density at radius 1 is 0.969 bits per heavy atom. The number of benzene rings is 2. The van der Waals surface area contributed by atoms with E-state index in [1.54, 1.807) is 21.8 Å². The third kappa shape index (κ3) is 5.11. The summed E-state index contributed by atoms with van der Waals surface area (Å²) in [6.45, 7) is 0.978. The van der Waals surface area contributed by atoms with Gasteiger partial charge in [0.05, 0.1) is 5.92 Å². The average molecular weight is 469 g/mol. The van der Waals surface area contributed by atoms with E-state index in [1.165, 1.54) is 11.3 Å². The number of rotatable bonds is 8. The van der Waals surface area contributed by atoms with Gasteiger partial charge in [-0.1, -0.05) is 73.2 Å². The molecule has 1 aliphatic rings. The topological polar surface area (TPSA) is 66.5 Å². The van der Waals surface area contributed by atoms with Crippen LogP contribution >= 0.6 is 11.3 Å². The fraction of sp³-hybridized carbons (Fsp3) is 0.320. The monoisotopic (exact) mass is 468 g/mol. The first-order chi connectivity index (χ1) is 15.6. The van der Waals surface area contributed by atoms with Crippen molar-refractivity contribution in [1.82, 2.24) is 9.62 Å². The van der Waals surface area contributed by atoms with Crippen molar-refractivity contribution in [2.75, 3.05) is 13.1 Å². The summed E-state index contributed by atoms with van der Waals surface area (Å²) < 4.78 is 28.2. The van der Waals surface area contributed by atoms with Gasteiger partial charge in [0, 0.05) is 19.1 Å². The summed E-state index contributed by atoms with van der Waals surface area (Å²) in [7, 11) is -3.48. The van der Waals surface area contributed by atoms with Gasteiger partial charge in [-0.15, -0.1) is 11.3 Å². The van der Waals surface area contributed by atoms with Crippen LogP contribution in [0.3, 0.4) is 0 Å². The quantitative estimate of drug-likeness (QED) is 0.524. The second-order valence-electron chi connectivity index (χ2n) is 8.03. The average Bonchev–Trinajstić information content (AvgIpc) is 3.37. The maximum Gasteiger partial charge on any atom is 0.252 e. The predicted octanol–water partition coefficient (Wildman–Crippen LogP) is 4.63. The van der Waals surface area contributed by atoms with E-state index in [1.807, 2.05) is 60.7 Å². The summed E-state index contributed by atoms with van der Waals surface area (Å²) in [5, 5.41) is 4.87. The Kier molecular flexibility index (Phi) is 7.40. The van der Waals surface area contributed by atoms with Crippen molar-refractivity contribution in [3.63, 3.8) is 0 Å². The molecule has 2 aromatic carbocycles. The molecule has 3 aromatic rings. The van der Waals surface area contributed by atoms with Crippen LogP contribution in [0.1, 0.15) is 42.7 Å². The zero-order valence-corrected chi connectivity index (χ0v) is 19.5. The van der Waals surface area contributed by atoms with E-state index in [0.29, 0.717) is 23.7 Å². The summed E-state index contributed by atoms with van der Waals surface area (Å²) in [6, 6.07) is 22.8. The first-order valence-electron chi connectivity index (χ1n) is 11.0. The van der Waals surface area contributed by atoms with Gasteiger partial charge in [0.1, 0.15) is 4.21 Å². The highest BCUT2D eigenvalue weighted by molar-refractivity contribution is 7.91. The molecular weight excluding hydrogens is 440 g/mol. The fourth-order valence-electron chi connectivity index (χ4n) is 4.35. The lowest BCUT2D eigenvalue weighted by Gasteiger charge is -2.34. The summed E-state index contributed by atoms with van der Waals surface area (Å²) in [5.41, 5.74) is 1.88. The van der Waals surface area contributed by atoms with Crippen LogP contribution < -0.4 is 5.32 Å². The molecule has 0 aliphatic carbocycles. The second kappa shape index (κ2) is 10.4. The molecular formula is C25H28N2O3S2. The third-order valence-corrected chi connectivity index (χ3v) is 9.26. The molecule has 1 aromatic heterocycles. The van der Waals surface area contributed by atoms with Crippen molar-refractivity contribution < 1.29 is 13.2 Å². The second-order valence-corrected chi connectivity index (χ2v) is 11.1. The van der Waals surface area contributed by atoms with Crippen LogP contribution in [0.25, 0.3) is 0 Å². The highest BCUT2D eigenvalue weighted by Gasteiger charge is 2.34. The molecule has 0 spiro atoms. The zero-order chi connectivity index (χ0) is 22.4. The minimum atomic E-state index is -3.48. The minimum absolute atomic E-state index is 0.0640. The van der Waals surface area contributed by atoms with Crippen molar-refractivity contribution in [2.45, 2.75) is 41.9 Å². The molecule has 7 heteroatoms. The van der Waals surface area contributed by atoms with Gasteiger partial charge in [0.2, 0.25) is 5.91 Å². The van der Waals surface area contributed by atoms with E-state index in [4.69, 9.17) is 0 Å². The molecule has 168 valence electrons. The number of carbonyl (C=O) groups excluding carboxylic acids is 1. The lowest BCUT2D eigenvalue weighted by atomic mass is 9.90. The van der Waals surface area contributed by atoms with Crippen molar-refractivity contribution in [3.05, 3.63) is 89.3 Å².